The molecule has 0 fully saturated rings. The summed E-state index contributed by atoms with van der Waals surface area (Å²) in [6.45, 7) is 7.64. The number of para-hydroxylation sites is 1. The molecule has 5 heteroatoms. The Kier molecular flexibility index (Phi) is 5.16. The van der Waals surface area contributed by atoms with E-state index < -0.39 is 0 Å². The van der Waals surface area contributed by atoms with Crippen LogP contribution in [0.1, 0.15) is 45.0 Å². The van der Waals surface area contributed by atoms with Crippen molar-refractivity contribution in [2.75, 3.05) is 6.61 Å². The lowest BCUT2D eigenvalue weighted by Gasteiger charge is -2.19. The Labute approximate surface area is 131 Å². The van der Waals surface area contributed by atoms with Crippen molar-refractivity contribution >= 4 is 0 Å². The Morgan fingerprint density at radius 2 is 1.91 bits per heavy atom. The summed E-state index contributed by atoms with van der Waals surface area (Å²) in [5.41, 5.74) is 1.18. The molecule has 2 aromatic rings. The number of hydrogen-bond donors (Lipinski definition) is 0. The van der Waals surface area contributed by atoms with E-state index in [1.165, 1.54) is 0 Å². The molecule has 0 atom stereocenters. The molecule has 5 nitrogen and oxygen atoms in total. The molecule has 0 amide bonds. The fourth-order valence-corrected chi connectivity index (χ4v) is 2.36. The highest BCUT2D eigenvalue weighted by Gasteiger charge is 2.25. The number of aryl methyl sites for hydroxylation is 1. The van der Waals surface area contributed by atoms with Gasteiger partial charge in [0.2, 0.25) is 0 Å². The predicted octanol–water partition coefficient (Wildman–Crippen LogP) is 3.31. The summed E-state index contributed by atoms with van der Waals surface area (Å²) in [4.78, 5) is 0. The Hall–Kier alpha value is -2.35. The first-order valence-electron chi connectivity index (χ1n) is 7.54. The first kappa shape index (κ1) is 16.0. The molecular formula is C17H22N4O. The van der Waals surface area contributed by atoms with Gasteiger partial charge < -0.3 is 4.74 Å². The third-order valence-corrected chi connectivity index (χ3v) is 3.33. The van der Waals surface area contributed by atoms with Gasteiger partial charge in [0.1, 0.15) is 11.8 Å². The second-order valence-corrected chi connectivity index (χ2v) is 6.24. The van der Waals surface area contributed by atoms with Gasteiger partial charge in [-0.05, 0) is 25.0 Å². The van der Waals surface area contributed by atoms with Crippen LogP contribution >= 0.6 is 0 Å². The van der Waals surface area contributed by atoms with Gasteiger partial charge in [-0.25, -0.2) is 4.68 Å². The molecule has 1 aromatic heterocycles. The SMILES string of the molecule is CC(C)(C)c1c(C#N)nnn1CCCCOc1ccccc1. The minimum atomic E-state index is -0.144. The third-order valence-electron chi connectivity index (χ3n) is 3.33. The molecule has 0 bridgehead atoms. The third kappa shape index (κ3) is 4.08. The van der Waals surface area contributed by atoms with Crippen LogP contribution in [0.2, 0.25) is 0 Å². The van der Waals surface area contributed by atoms with Gasteiger partial charge in [-0.15, -0.1) is 5.10 Å². The van der Waals surface area contributed by atoms with Crippen LogP contribution in [-0.4, -0.2) is 21.6 Å². The van der Waals surface area contributed by atoms with Crippen LogP contribution in [0, 0.1) is 11.3 Å². The minimum Gasteiger partial charge on any atom is -0.494 e. The highest BCUT2D eigenvalue weighted by molar-refractivity contribution is 5.30. The van der Waals surface area contributed by atoms with Crippen molar-refractivity contribution < 1.29 is 4.74 Å². The van der Waals surface area contributed by atoms with Crippen molar-refractivity contribution in [3.8, 4) is 11.8 Å². The van der Waals surface area contributed by atoms with Gasteiger partial charge in [-0.1, -0.05) is 44.2 Å². The highest BCUT2D eigenvalue weighted by atomic mass is 16.5. The fraction of sp³-hybridized carbons (Fsp3) is 0.471. The van der Waals surface area contributed by atoms with Crippen LogP contribution in [0.5, 0.6) is 5.75 Å². The zero-order chi connectivity index (χ0) is 16.0. The molecule has 0 aliphatic carbocycles. The number of aromatic nitrogens is 3. The van der Waals surface area contributed by atoms with Crippen LogP contribution in [-0.2, 0) is 12.0 Å². The lowest BCUT2D eigenvalue weighted by atomic mass is 9.90. The molecule has 0 aliphatic heterocycles. The van der Waals surface area contributed by atoms with Crippen LogP contribution in [0.4, 0.5) is 0 Å². The molecule has 0 radical (unpaired) electrons. The maximum absolute atomic E-state index is 9.14. The maximum Gasteiger partial charge on any atom is 0.186 e. The number of rotatable bonds is 6. The van der Waals surface area contributed by atoms with E-state index in [0.29, 0.717) is 12.3 Å². The molecule has 22 heavy (non-hydrogen) atoms. The molecule has 0 aliphatic rings. The lowest BCUT2D eigenvalue weighted by Crippen LogP contribution is -2.20. The monoisotopic (exact) mass is 298 g/mol. The van der Waals surface area contributed by atoms with E-state index in [-0.39, 0.29) is 5.41 Å². The van der Waals surface area contributed by atoms with Crippen molar-refractivity contribution in [1.82, 2.24) is 15.0 Å². The van der Waals surface area contributed by atoms with Gasteiger partial charge in [0.15, 0.2) is 5.69 Å². The van der Waals surface area contributed by atoms with Crippen molar-refractivity contribution in [2.24, 2.45) is 0 Å². The van der Waals surface area contributed by atoms with Gasteiger partial charge in [0.25, 0.3) is 0 Å². The molecule has 0 unspecified atom stereocenters. The molecule has 0 spiro atoms. The van der Waals surface area contributed by atoms with Crippen molar-refractivity contribution in [1.29, 1.82) is 5.26 Å². The highest BCUT2D eigenvalue weighted by Crippen LogP contribution is 2.24. The standard InChI is InChI=1S/C17H22N4O/c1-17(2,3)16-15(13-18)19-20-21(16)11-7-8-12-22-14-9-5-4-6-10-14/h4-6,9-10H,7-8,11-12H2,1-3H3. The number of ether oxygens (including phenoxy) is 1. The van der Waals surface area contributed by atoms with E-state index in [4.69, 9.17) is 10.00 Å². The van der Waals surface area contributed by atoms with E-state index in [9.17, 15) is 0 Å². The number of unbranched alkanes of at least 4 members (excludes halogenated alkanes) is 1. The molecular weight excluding hydrogens is 276 g/mol. The maximum atomic E-state index is 9.14. The zero-order valence-corrected chi connectivity index (χ0v) is 13.4. The Morgan fingerprint density at radius 1 is 1.18 bits per heavy atom. The topological polar surface area (TPSA) is 63.7 Å². The van der Waals surface area contributed by atoms with Crippen molar-refractivity contribution in [3.05, 3.63) is 41.7 Å². The quantitative estimate of drug-likeness (QED) is 0.767. The first-order valence-corrected chi connectivity index (χ1v) is 7.54. The lowest BCUT2D eigenvalue weighted by molar-refractivity contribution is 0.300. The van der Waals surface area contributed by atoms with Crippen LogP contribution < -0.4 is 4.74 Å². The van der Waals surface area contributed by atoms with Crippen LogP contribution in [0.15, 0.2) is 30.3 Å². The molecule has 0 saturated carbocycles. The second-order valence-electron chi connectivity index (χ2n) is 6.24. The summed E-state index contributed by atoms with van der Waals surface area (Å²) in [6.07, 6.45) is 1.87. The van der Waals surface area contributed by atoms with Gasteiger partial charge in [-0.2, -0.15) is 5.26 Å². The van der Waals surface area contributed by atoms with Gasteiger partial charge in [0.05, 0.1) is 12.3 Å². The molecule has 1 heterocycles. The van der Waals surface area contributed by atoms with E-state index in [2.05, 4.69) is 37.2 Å². The number of benzene rings is 1. The summed E-state index contributed by atoms with van der Waals surface area (Å²) in [5, 5.41) is 17.2. The first-order chi connectivity index (χ1) is 10.5. The Bertz CT molecular complexity index is 635. The summed E-state index contributed by atoms with van der Waals surface area (Å²) in [5.74, 6) is 0.894. The largest absolute Gasteiger partial charge is 0.494 e. The zero-order valence-electron chi connectivity index (χ0n) is 13.4. The normalized spacial score (nSPS) is 11.2. The van der Waals surface area contributed by atoms with E-state index in [1.54, 1.807) is 0 Å². The molecule has 0 saturated heterocycles. The van der Waals surface area contributed by atoms with Crippen molar-refractivity contribution in [3.63, 3.8) is 0 Å². The van der Waals surface area contributed by atoms with E-state index in [0.717, 1.165) is 30.8 Å². The molecule has 2 rings (SSSR count). The second kappa shape index (κ2) is 7.08. The smallest absolute Gasteiger partial charge is 0.186 e. The van der Waals surface area contributed by atoms with E-state index in [1.807, 2.05) is 35.0 Å². The number of hydrogen-bond acceptors (Lipinski definition) is 4. The summed E-state index contributed by atoms with van der Waals surface area (Å²) < 4.78 is 7.52. The van der Waals surface area contributed by atoms with E-state index >= 15 is 0 Å². The fourth-order valence-electron chi connectivity index (χ4n) is 2.36. The van der Waals surface area contributed by atoms with Crippen molar-refractivity contribution in [2.45, 2.75) is 45.6 Å². The minimum absolute atomic E-state index is 0.144. The summed E-state index contributed by atoms with van der Waals surface area (Å²) >= 11 is 0. The van der Waals surface area contributed by atoms with Crippen LogP contribution in [0.25, 0.3) is 0 Å². The number of nitriles is 1. The predicted molar refractivity (Wildman–Crippen MR) is 84.6 cm³/mol. The Morgan fingerprint density at radius 3 is 2.55 bits per heavy atom. The summed E-state index contributed by atoms with van der Waals surface area (Å²) in [7, 11) is 0. The average molecular weight is 298 g/mol. The molecule has 0 N–H and O–H groups in total. The van der Waals surface area contributed by atoms with Gasteiger partial charge in [-0.3, -0.25) is 0 Å². The summed E-state index contributed by atoms with van der Waals surface area (Å²) in [6, 6.07) is 11.9. The molecule has 1 aromatic carbocycles. The molecule has 116 valence electrons. The van der Waals surface area contributed by atoms with Crippen LogP contribution in [0.3, 0.4) is 0 Å². The number of nitrogens with zero attached hydrogens (tertiary/aromatic N) is 4. The van der Waals surface area contributed by atoms with Gasteiger partial charge >= 0.3 is 0 Å². The average Bonchev–Trinajstić information content (AvgIpc) is 2.91. The Balaban J connectivity index is 1.85. The van der Waals surface area contributed by atoms with Gasteiger partial charge in [0, 0.05) is 12.0 Å².